The monoisotopic (exact) mass is 265 g/mol. The largest absolute Gasteiger partial charge is 0.494 e. The van der Waals surface area contributed by atoms with E-state index in [4.69, 9.17) is 10.5 Å². The van der Waals surface area contributed by atoms with E-state index in [1.54, 1.807) is 19.1 Å². The average molecular weight is 265 g/mol. The Morgan fingerprint density at radius 1 is 1.37 bits per heavy atom. The number of carbonyl (C=O) groups is 2. The maximum atomic E-state index is 11.6. The number of esters is 1. The van der Waals surface area contributed by atoms with Gasteiger partial charge in [0.05, 0.1) is 19.3 Å². The standard InChI is InChI=1S/C14H19NO4/c1-10-7-12(19-6-4-3-5-15)8-11(9-16)13(10)14(17)18-2/h7-9H,3-6,15H2,1-2H3. The minimum atomic E-state index is -0.519. The van der Waals surface area contributed by atoms with Gasteiger partial charge in [-0.15, -0.1) is 0 Å². The van der Waals surface area contributed by atoms with Gasteiger partial charge in [0.25, 0.3) is 0 Å². The Labute approximate surface area is 112 Å². The Hall–Kier alpha value is -1.88. The van der Waals surface area contributed by atoms with E-state index >= 15 is 0 Å². The number of methoxy groups -OCH3 is 1. The zero-order valence-corrected chi connectivity index (χ0v) is 11.3. The Kier molecular flexibility index (Phi) is 6.02. The number of ether oxygens (including phenoxy) is 2. The molecule has 0 radical (unpaired) electrons. The summed E-state index contributed by atoms with van der Waals surface area (Å²) < 4.78 is 10.2. The highest BCUT2D eigenvalue weighted by Gasteiger charge is 2.16. The van der Waals surface area contributed by atoms with Crippen LogP contribution in [0.15, 0.2) is 12.1 Å². The van der Waals surface area contributed by atoms with Crippen LogP contribution in [-0.4, -0.2) is 32.5 Å². The second-order valence-corrected chi connectivity index (χ2v) is 4.16. The molecule has 1 aromatic carbocycles. The maximum absolute atomic E-state index is 11.6. The molecular weight excluding hydrogens is 246 g/mol. The van der Waals surface area contributed by atoms with Crippen LogP contribution in [0, 0.1) is 6.92 Å². The number of hydrogen-bond donors (Lipinski definition) is 1. The van der Waals surface area contributed by atoms with Gasteiger partial charge in [-0.2, -0.15) is 0 Å². The number of carbonyl (C=O) groups excluding carboxylic acids is 2. The second-order valence-electron chi connectivity index (χ2n) is 4.16. The van der Waals surface area contributed by atoms with Crippen molar-refractivity contribution in [2.45, 2.75) is 19.8 Å². The fourth-order valence-corrected chi connectivity index (χ4v) is 1.77. The lowest BCUT2D eigenvalue weighted by Gasteiger charge is -2.11. The van der Waals surface area contributed by atoms with Crippen LogP contribution in [-0.2, 0) is 4.74 Å². The predicted molar refractivity (Wildman–Crippen MR) is 71.7 cm³/mol. The minimum absolute atomic E-state index is 0.278. The summed E-state index contributed by atoms with van der Waals surface area (Å²) in [5.41, 5.74) is 6.61. The quantitative estimate of drug-likeness (QED) is 0.461. The van der Waals surface area contributed by atoms with Gasteiger partial charge >= 0.3 is 5.97 Å². The zero-order chi connectivity index (χ0) is 14.3. The molecule has 19 heavy (non-hydrogen) atoms. The maximum Gasteiger partial charge on any atom is 0.338 e. The third-order valence-electron chi connectivity index (χ3n) is 2.72. The molecule has 0 unspecified atom stereocenters. The van der Waals surface area contributed by atoms with Gasteiger partial charge in [-0.25, -0.2) is 4.79 Å². The van der Waals surface area contributed by atoms with E-state index in [9.17, 15) is 9.59 Å². The van der Waals surface area contributed by atoms with Crippen molar-refractivity contribution in [2.75, 3.05) is 20.3 Å². The van der Waals surface area contributed by atoms with Gasteiger partial charge < -0.3 is 15.2 Å². The predicted octanol–water partition coefficient (Wildman–Crippen LogP) is 1.71. The zero-order valence-electron chi connectivity index (χ0n) is 11.3. The first-order valence-corrected chi connectivity index (χ1v) is 6.15. The van der Waals surface area contributed by atoms with Crippen molar-refractivity contribution in [3.63, 3.8) is 0 Å². The van der Waals surface area contributed by atoms with Crippen LogP contribution in [0.25, 0.3) is 0 Å². The number of aryl methyl sites for hydroxylation is 1. The smallest absolute Gasteiger partial charge is 0.338 e. The molecule has 5 nitrogen and oxygen atoms in total. The molecule has 5 heteroatoms. The van der Waals surface area contributed by atoms with E-state index in [0.29, 0.717) is 30.8 Å². The second kappa shape index (κ2) is 7.53. The van der Waals surface area contributed by atoms with Crippen LogP contribution in [0.1, 0.15) is 39.1 Å². The van der Waals surface area contributed by atoms with E-state index in [2.05, 4.69) is 4.74 Å². The summed E-state index contributed by atoms with van der Waals surface area (Å²) in [6, 6.07) is 3.27. The van der Waals surface area contributed by atoms with Gasteiger partial charge in [0, 0.05) is 5.56 Å². The Morgan fingerprint density at radius 2 is 2.11 bits per heavy atom. The molecule has 0 amide bonds. The van der Waals surface area contributed by atoms with Crippen LogP contribution >= 0.6 is 0 Å². The number of unbranched alkanes of at least 4 members (excludes halogenated alkanes) is 1. The van der Waals surface area contributed by atoms with Crippen LogP contribution in [0.2, 0.25) is 0 Å². The highest BCUT2D eigenvalue weighted by molar-refractivity contribution is 5.99. The van der Waals surface area contributed by atoms with E-state index in [-0.39, 0.29) is 11.1 Å². The van der Waals surface area contributed by atoms with Gasteiger partial charge in [-0.3, -0.25) is 4.79 Å². The molecule has 0 fully saturated rings. The van der Waals surface area contributed by atoms with Crippen molar-refractivity contribution >= 4 is 12.3 Å². The van der Waals surface area contributed by atoms with Gasteiger partial charge in [-0.1, -0.05) is 0 Å². The SMILES string of the molecule is COC(=O)c1c(C)cc(OCCCCN)cc1C=O. The average Bonchev–Trinajstić information content (AvgIpc) is 2.42. The molecule has 104 valence electrons. The van der Waals surface area contributed by atoms with Crippen molar-refractivity contribution in [3.05, 3.63) is 28.8 Å². The third kappa shape index (κ3) is 4.06. The van der Waals surface area contributed by atoms with Crippen molar-refractivity contribution in [1.82, 2.24) is 0 Å². The van der Waals surface area contributed by atoms with Crippen molar-refractivity contribution < 1.29 is 19.1 Å². The Bertz CT molecular complexity index is 457. The summed E-state index contributed by atoms with van der Waals surface area (Å²) in [4.78, 5) is 22.6. The van der Waals surface area contributed by atoms with E-state index in [0.717, 1.165) is 12.8 Å². The van der Waals surface area contributed by atoms with E-state index in [1.165, 1.54) is 7.11 Å². The summed E-state index contributed by atoms with van der Waals surface area (Å²) >= 11 is 0. The molecule has 0 aliphatic carbocycles. The molecule has 0 aliphatic rings. The molecule has 1 rings (SSSR count). The van der Waals surface area contributed by atoms with E-state index in [1.807, 2.05) is 0 Å². The molecule has 1 aromatic rings. The van der Waals surface area contributed by atoms with Gasteiger partial charge in [0.15, 0.2) is 6.29 Å². The number of nitrogens with two attached hydrogens (primary N) is 1. The Morgan fingerprint density at radius 3 is 2.68 bits per heavy atom. The summed E-state index contributed by atoms with van der Waals surface area (Å²) in [5, 5.41) is 0. The fourth-order valence-electron chi connectivity index (χ4n) is 1.77. The summed E-state index contributed by atoms with van der Waals surface area (Å²) in [7, 11) is 1.29. The van der Waals surface area contributed by atoms with Gasteiger partial charge in [0.1, 0.15) is 5.75 Å². The van der Waals surface area contributed by atoms with Crippen molar-refractivity contribution in [1.29, 1.82) is 0 Å². The van der Waals surface area contributed by atoms with Crippen LogP contribution < -0.4 is 10.5 Å². The topological polar surface area (TPSA) is 78.6 Å². The lowest BCUT2D eigenvalue weighted by molar-refractivity contribution is 0.0597. The number of aldehydes is 1. The fraction of sp³-hybridized carbons (Fsp3) is 0.429. The number of rotatable bonds is 7. The number of hydrogen-bond acceptors (Lipinski definition) is 5. The highest BCUT2D eigenvalue weighted by atomic mass is 16.5. The van der Waals surface area contributed by atoms with Crippen molar-refractivity contribution in [2.24, 2.45) is 5.73 Å². The lowest BCUT2D eigenvalue weighted by atomic mass is 10.0. The van der Waals surface area contributed by atoms with Crippen LogP contribution in [0.3, 0.4) is 0 Å². The first kappa shape index (κ1) is 15.2. The summed E-state index contributed by atoms with van der Waals surface area (Å²) in [6.45, 7) is 2.90. The first-order chi connectivity index (χ1) is 9.13. The minimum Gasteiger partial charge on any atom is -0.494 e. The molecule has 0 saturated carbocycles. The molecule has 0 aromatic heterocycles. The first-order valence-electron chi connectivity index (χ1n) is 6.15. The van der Waals surface area contributed by atoms with Crippen LogP contribution in [0.4, 0.5) is 0 Å². The van der Waals surface area contributed by atoms with Gasteiger partial charge in [0.2, 0.25) is 0 Å². The third-order valence-corrected chi connectivity index (χ3v) is 2.72. The highest BCUT2D eigenvalue weighted by Crippen LogP contribution is 2.22. The molecule has 0 heterocycles. The van der Waals surface area contributed by atoms with Crippen LogP contribution in [0.5, 0.6) is 5.75 Å². The molecule has 0 spiro atoms. The molecule has 0 atom stereocenters. The van der Waals surface area contributed by atoms with Crippen molar-refractivity contribution in [3.8, 4) is 5.75 Å². The lowest BCUT2D eigenvalue weighted by Crippen LogP contribution is -2.09. The Balaban J connectivity index is 2.90. The summed E-state index contributed by atoms with van der Waals surface area (Å²) in [5.74, 6) is 0.0542. The van der Waals surface area contributed by atoms with E-state index < -0.39 is 5.97 Å². The number of benzene rings is 1. The molecule has 0 bridgehead atoms. The molecule has 0 aliphatic heterocycles. The normalized spacial score (nSPS) is 10.1. The summed E-state index contributed by atoms with van der Waals surface area (Å²) in [6.07, 6.45) is 2.37. The molecule has 2 N–H and O–H groups in total. The molecule has 0 saturated heterocycles. The molecular formula is C14H19NO4. The van der Waals surface area contributed by atoms with Gasteiger partial charge in [-0.05, 0) is 44.0 Å².